The number of nitrogens with zero attached hydrogens (tertiary/aromatic N) is 3. The number of aryl methyl sites for hydroxylation is 1. The molecule has 4 heteroatoms. The first-order valence-corrected chi connectivity index (χ1v) is 4.70. The average Bonchev–Trinajstić information content (AvgIpc) is 2.47. The van der Waals surface area contributed by atoms with Gasteiger partial charge in [0.1, 0.15) is 17.3 Å². The number of rotatable bonds is 1. The number of nitrogen functional groups attached to an aromatic ring is 1. The number of anilines is 1. The molecule has 0 aromatic carbocycles. The monoisotopic (exact) mass is 190 g/mol. The summed E-state index contributed by atoms with van der Waals surface area (Å²) in [5.41, 5.74) is 6.73. The van der Waals surface area contributed by atoms with Gasteiger partial charge >= 0.3 is 0 Å². The molecule has 14 heavy (non-hydrogen) atoms. The minimum Gasteiger partial charge on any atom is -0.383 e. The third kappa shape index (κ3) is 1.23. The molecule has 74 valence electrons. The number of nitrogens with two attached hydrogens (primary N) is 1. The molecule has 0 radical (unpaired) electrons. The van der Waals surface area contributed by atoms with Crippen molar-refractivity contribution < 1.29 is 0 Å². The Labute approximate surface area is 82.8 Å². The largest absolute Gasteiger partial charge is 0.383 e. The Bertz CT molecular complexity index is 470. The number of hydrogen-bond acceptors (Lipinski definition) is 3. The lowest BCUT2D eigenvalue weighted by molar-refractivity contribution is 0.617. The Morgan fingerprint density at radius 1 is 1.36 bits per heavy atom. The standard InChI is InChI=1S/C10H14N4/c1-6(2)14-5-4-8-9(11)12-7(3)13-10(8)14/h4-6H,1-3H3,(H2,11,12,13). The summed E-state index contributed by atoms with van der Waals surface area (Å²) in [6.07, 6.45) is 2.00. The normalized spacial score (nSPS) is 11.4. The molecule has 0 atom stereocenters. The first kappa shape index (κ1) is 8.99. The molecular formula is C10H14N4. The van der Waals surface area contributed by atoms with Crippen LogP contribution >= 0.6 is 0 Å². The highest BCUT2D eigenvalue weighted by atomic mass is 15.1. The fourth-order valence-corrected chi connectivity index (χ4v) is 1.59. The van der Waals surface area contributed by atoms with Crippen molar-refractivity contribution >= 4 is 16.9 Å². The lowest BCUT2D eigenvalue weighted by atomic mass is 10.3. The molecule has 2 heterocycles. The Hall–Kier alpha value is -1.58. The van der Waals surface area contributed by atoms with Crippen LogP contribution < -0.4 is 5.73 Å². The van der Waals surface area contributed by atoms with Crippen molar-refractivity contribution in [1.82, 2.24) is 14.5 Å². The van der Waals surface area contributed by atoms with Gasteiger partial charge in [0.2, 0.25) is 0 Å². The maximum atomic E-state index is 5.81. The molecule has 0 aliphatic rings. The fourth-order valence-electron chi connectivity index (χ4n) is 1.59. The summed E-state index contributed by atoms with van der Waals surface area (Å²) < 4.78 is 2.10. The van der Waals surface area contributed by atoms with Crippen LogP contribution in [0.3, 0.4) is 0 Å². The van der Waals surface area contributed by atoms with Gasteiger partial charge in [-0.3, -0.25) is 0 Å². The van der Waals surface area contributed by atoms with Crippen molar-refractivity contribution in [3.05, 3.63) is 18.1 Å². The minimum atomic E-state index is 0.390. The van der Waals surface area contributed by atoms with E-state index in [1.807, 2.05) is 19.2 Å². The van der Waals surface area contributed by atoms with E-state index in [0.29, 0.717) is 11.9 Å². The summed E-state index contributed by atoms with van der Waals surface area (Å²) in [6.45, 7) is 6.09. The van der Waals surface area contributed by atoms with E-state index in [2.05, 4.69) is 28.4 Å². The van der Waals surface area contributed by atoms with Crippen LogP contribution in [-0.4, -0.2) is 14.5 Å². The molecule has 0 spiro atoms. The highest BCUT2D eigenvalue weighted by molar-refractivity contribution is 5.86. The maximum Gasteiger partial charge on any atom is 0.146 e. The van der Waals surface area contributed by atoms with Gasteiger partial charge in [0.25, 0.3) is 0 Å². The van der Waals surface area contributed by atoms with Crippen molar-refractivity contribution in [2.45, 2.75) is 26.8 Å². The number of hydrogen-bond donors (Lipinski definition) is 1. The molecule has 2 aromatic heterocycles. The minimum absolute atomic E-state index is 0.390. The molecule has 2 aromatic rings. The molecular weight excluding hydrogens is 176 g/mol. The quantitative estimate of drug-likeness (QED) is 0.747. The predicted octanol–water partition coefficient (Wildman–Crippen LogP) is 1.90. The van der Waals surface area contributed by atoms with Crippen molar-refractivity contribution in [2.24, 2.45) is 0 Å². The number of fused-ring (bicyclic) bond motifs is 1. The molecule has 4 nitrogen and oxygen atoms in total. The first-order chi connectivity index (χ1) is 6.59. The average molecular weight is 190 g/mol. The van der Waals surface area contributed by atoms with Crippen LogP contribution in [0.25, 0.3) is 11.0 Å². The van der Waals surface area contributed by atoms with Crippen LogP contribution in [0, 0.1) is 6.92 Å². The van der Waals surface area contributed by atoms with Gasteiger partial charge in [-0.1, -0.05) is 0 Å². The molecule has 0 saturated heterocycles. The SMILES string of the molecule is Cc1nc(N)c2ccn(C(C)C)c2n1. The Balaban J connectivity index is 2.78. The van der Waals surface area contributed by atoms with E-state index in [-0.39, 0.29) is 0 Å². The van der Waals surface area contributed by atoms with Crippen molar-refractivity contribution in [2.75, 3.05) is 5.73 Å². The van der Waals surface area contributed by atoms with Gasteiger partial charge < -0.3 is 10.3 Å². The van der Waals surface area contributed by atoms with Gasteiger partial charge in [-0.05, 0) is 26.8 Å². The van der Waals surface area contributed by atoms with Crippen LogP contribution in [0.15, 0.2) is 12.3 Å². The van der Waals surface area contributed by atoms with Gasteiger partial charge in [-0.15, -0.1) is 0 Å². The van der Waals surface area contributed by atoms with Crippen LogP contribution in [0.4, 0.5) is 5.82 Å². The summed E-state index contributed by atoms with van der Waals surface area (Å²) in [6, 6.07) is 2.35. The third-order valence-electron chi connectivity index (χ3n) is 2.27. The van der Waals surface area contributed by atoms with Gasteiger partial charge in [0.15, 0.2) is 0 Å². The summed E-state index contributed by atoms with van der Waals surface area (Å²) in [5.74, 6) is 1.28. The Morgan fingerprint density at radius 2 is 2.07 bits per heavy atom. The van der Waals surface area contributed by atoms with Crippen LogP contribution in [0.5, 0.6) is 0 Å². The number of aromatic nitrogens is 3. The van der Waals surface area contributed by atoms with Crippen LogP contribution in [0.1, 0.15) is 25.7 Å². The van der Waals surface area contributed by atoms with Crippen molar-refractivity contribution in [3.63, 3.8) is 0 Å². The highest BCUT2D eigenvalue weighted by Crippen LogP contribution is 2.21. The molecule has 0 saturated carbocycles. The second-order valence-electron chi connectivity index (χ2n) is 3.71. The molecule has 0 unspecified atom stereocenters. The highest BCUT2D eigenvalue weighted by Gasteiger charge is 2.09. The predicted molar refractivity (Wildman–Crippen MR) is 57.1 cm³/mol. The Morgan fingerprint density at radius 3 is 2.71 bits per heavy atom. The molecule has 0 bridgehead atoms. The summed E-state index contributed by atoms with van der Waals surface area (Å²) in [5, 5.41) is 0.935. The Kier molecular flexibility index (Phi) is 1.91. The molecule has 0 amide bonds. The maximum absolute atomic E-state index is 5.81. The second-order valence-corrected chi connectivity index (χ2v) is 3.71. The van der Waals surface area contributed by atoms with E-state index in [0.717, 1.165) is 16.9 Å². The summed E-state index contributed by atoms with van der Waals surface area (Å²) >= 11 is 0. The van der Waals surface area contributed by atoms with E-state index < -0.39 is 0 Å². The molecule has 0 aliphatic carbocycles. The summed E-state index contributed by atoms with van der Waals surface area (Å²) in [4.78, 5) is 8.52. The first-order valence-electron chi connectivity index (χ1n) is 4.70. The molecule has 0 fully saturated rings. The van der Waals surface area contributed by atoms with Gasteiger partial charge in [0.05, 0.1) is 5.39 Å². The lowest BCUT2D eigenvalue weighted by Crippen LogP contribution is -2.03. The zero-order valence-corrected chi connectivity index (χ0v) is 8.65. The third-order valence-corrected chi connectivity index (χ3v) is 2.27. The van der Waals surface area contributed by atoms with E-state index >= 15 is 0 Å². The second kappa shape index (κ2) is 2.97. The lowest BCUT2D eigenvalue weighted by Gasteiger charge is -2.08. The van der Waals surface area contributed by atoms with E-state index in [1.54, 1.807) is 0 Å². The molecule has 2 rings (SSSR count). The molecule has 2 N–H and O–H groups in total. The fraction of sp³-hybridized carbons (Fsp3) is 0.400. The smallest absolute Gasteiger partial charge is 0.146 e. The van der Waals surface area contributed by atoms with Gasteiger partial charge in [0, 0.05) is 12.2 Å². The zero-order chi connectivity index (χ0) is 10.3. The molecule has 0 aliphatic heterocycles. The topological polar surface area (TPSA) is 56.7 Å². The van der Waals surface area contributed by atoms with Gasteiger partial charge in [-0.25, -0.2) is 9.97 Å². The van der Waals surface area contributed by atoms with Crippen LogP contribution in [-0.2, 0) is 0 Å². The van der Waals surface area contributed by atoms with E-state index in [1.165, 1.54) is 0 Å². The summed E-state index contributed by atoms with van der Waals surface area (Å²) in [7, 11) is 0. The van der Waals surface area contributed by atoms with E-state index in [4.69, 9.17) is 5.73 Å². The zero-order valence-electron chi connectivity index (χ0n) is 8.65. The van der Waals surface area contributed by atoms with Crippen molar-refractivity contribution in [3.8, 4) is 0 Å². The van der Waals surface area contributed by atoms with Crippen LogP contribution in [0.2, 0.25) is 0 Å². The van der Waals surface area contributed by atoms with E-state index in [9.17, 15) is 0 Å². The van der Waals surface area contributed by atoms with Gasteiger partial charge in [-0.2, -0.15) is 0 Å². The van der Waals surface area contributed by atoms with Crippen molar-refractivity contribution in [1.29, 1.82) is 0 Å².